The van der Waals surface area contributed by atoms with E-state index in [2.05, 4.69) is 38.7 Å². The van der Waals surface area contributed by atoms with Gasteiger partial charge < -0.3 is 14.2 Å². The Kier molecular flexibility index (Phi) is 4.24. The fourth-order valence-electron chi connectivity index (χ4n) is 2.53. The number of ether oxygens (including phenoxy) is 1. The Morgan fingerprint density at radius 3 is 2.77 bits per heavy atom. The molecule has 4 nitrogen and oxygen atoms in total. The number of fused-ring (bicyclic) bond motifs is 1. The molecule has 22 heavy (non-hydrogen) atoms. The summed E-state index contributed by atoms with van der Waals surface area (Å²) in [6, 6.07) is 8.31. The average Bonchev–Trinajstić information content (AvgIpc) is 2.96. The molecule has 1 aromatic carbocycles. The third kappa shape index (κ3) is 3.04. The molecule has 116 valence electrons. The van der Waals surface area contributed by atoms with Gasteiger partial charge in [-0.1, -0.05) is 18.2 Å². The van der Waals surface area contributed by atoms with Gasteiger partial charge in [0.2, 0.25) is 0 Å². The Morgan fingerprint density at radius 2 is 2.09 bits per heavy atom. The fraction of sp³-hybridized carbons (Fsp3) is 0.353. The van der Waals surface area contributed by atoms with Crippen LogP contribution in [0, 0.1) is 0 Å². The predicted molar refractivity (Wildman–Crippen MR) is 86.7 cm³/mol. The molecule has 0 amide bonds. The second-order valence-electron chi connectivity index (χ2n) is 5.54. The summed E-state index contributed by atoms with van der Waals surface area (Å²) in [6.07, 6.45) is 5.82. The quantitative estimate of drug-likeness (QED) is 0.850. The SMILES string of the molecule is CN(C)c1ccc(-c2cn3c(n2)C=CC(OCCF)C3)cc1. The standard InChI is InChI=1S/C17H20FN3O/c1-20(2)14-5-3-13(4-6-14)16-12-21-11-15(22-10-9-18)7-8-17(21)19-16/h3-8,12,15H,9-11H2,1-2H3. The number of halogens is 1. The van der Waals surface area contributed by atoms with Gasteiger partial charge in [-0.15, -0.1) is 0 Å². The Labute approximate surface area is 129 Å². The lowest BCUT2D eigenvalue weighted by Crippen LogP contribution is -2.22. The van der Waals surface area contributed by atoms with E-state index in [4.69, 9.17) is 4.74 Å². The molecule has 2 heterocycles. The largest absolute Gasteiger partial charge is 0.378 e. The van der Waals surface area contributed by atoms with Gasteiger partial charge in [0.15, 0.2) is 0 Å². The van der Waals surface area contributed by atoms with Gasteiger partial charge >= 0.3 is 0 Å². The molecule has 1 atom stereocenters. The van der Waals surface area contributed by atoms with Gasteiger partial charge in [0.05, 0.1) is 24.9 Å². The lowest BCUT2D eigenvalue weighted by atomic mass is 10.1. The molecule has 1 aliphatic rings. The smallest absolute Gasteiger partial charge is 0.133 e. The number of benzene rings is 1. The van der Waals surface area contributed by atoms with Crippen molar-refractivity contribution in [2.24, 2.45) is 0 Å². The molecule has 1 aromatic heterocycles. The molecular weight excluding hydrogens is 281 g/mol. The lowest BCUT2D eigenvalue weighted by molar-refractivity contribution is 0.0623. The number of alkyl halides is 1. The first-order valence-electron chi connectivity index (χ1n) is 7.38. The highest BCUT2D eigenvalue weighted by molar-refractivity contribution is 5.64. The number of nitrogens with zero attached hydrogens (tertiary/aromatic N) is 3. The number of imidazole rings is 1. The van der Waals surface area contributed by atoms with E-state index in [9.17, 15) is 4.39 Å². The first-order chi connectivity index (χ1) is 10.7. The van der Waals surface area contributed by atoms with Crippen LogP contribution in [-0.2, 0) is 11.3 Å². The maximum Gasteiger partial charge on any atom is 0.133 e. The van der Waals surface area contributed by atoms with Crippen molar-refractivity contribution < 1.29 is 9.13 Å². The molecule has 2 aromatic rings. The molecule has 0 saturated carbocycles. The second-order valence-corrected chi connectivity index (χ2v) is 5.54. The van der Waals surface area contributed by atoms with E-state index in [1.165, 1.54) is 0 Å². The van der Waals surface area contributed by atoms with Crippen molar-refractivity contribution in [2.75, 3.05) is 32.3 Å². The number of rotatable bonds is 5. The van der Waals surface area contributed by atoms with Gasteiger partial charge in [-0.3, -0.25) is 0 Å². The number of hydrogen-bond donors (Lipinski definition) is 0. The van der Waals surface area contributed by atoms with Crippen molar-refractivity contribution in [2.45, 2.75) is 12.6 Å². The predicted octanol–water partition coefficient (Wildman–Crippen LogP) is 3.00. The van der Waals surface area contributed by atoms with Crippen molar-refractivity contribution in [3.8, 4) is 11.3 Å². The van der Waals surface area contributed by atoms with Crippen LogP contribution >= 0.6 is 0 Å². The van der Waals surface area contributed by atoms with Crippen LogP contribution in [0.3, 0.4) is 0 Å². The molecule has 0 saturated heterocycles. The Bertz CT molecular complexity index is 661. The van der Waals surface area contributed by atoms with Crippen molar-refractivity contribution in [1.82, 2.24) is 9.55 Å². The van der Waals surface area contributed by atoms with Crippen LogP contribution in [0.5, 0.6) is 0 Å². The molecule has 0 radical (unpaired) electrons. The van der Waals surface area contributed by atoms with Crippen LogP contribution in [-0.4, -0.2) is 43.0 Å². The van der Waals surface area contributed by atoms with Crippen LogP contribution in [0.15, 0.2) is 36.5 Å². The van der Waals surface area contributed by atoms with Gasteiger partial charge in [-0.25, -0.2) is 9.37 Å². The minimum Gasteiger partial charge on any atom is -0.378 e. The maximum atomic E-state index is 12.2. The molecule has 0 bridgehead atoms. The lowest BCUT2D eigenvalue weighted by Gasteiger charge is -2.18. The summed E-state index contributed by atoms with van der Waals surface area (Å²) in [4.78, 5) is 6.71. The summed E-state index contributed by atoms with van der Waals surface area (Å²) in [6.45, 7) is 0.358. The molecule has 1 unspecified atom stereocenters. The summed E-state index contributed by atoms with van der Waals surface area (Å²) in [5.74, 6) is 0.909. The molecular formula is C17H20FN3O. The van der Waals surface area contributed by atoms with Gasteiger partial charge in [-0.2, -0.15) is 0 Å². The van der Waals surface area contributed by atoms with Crippen molar-refractivity contribution in [1.29, 1.82) is 0 Å². The highest BCUT2D eigenvalue weighted by Gasteiger charge is 2.16. The molecule has 0 N–H and O–H groups in total. The Balaban J connectivity index is 1.78. The molecule has 3 rings (SSSR count). The normalized spacial score (nSPS) is 16.6. The number of aromatic nitrogens is 2. The minimum absolute atomic E-state index is 0.0820. The van der Waals surface area contributed by atoms with Crippen molar-refractivity contribution in [3.63, 3.8) is 0 Å². The summed E-state index contributed by atoms with van der Waals surface area (Å²) in [5.41, 5.74) is 3.19. The van der Waals surface area contributed by atoms with E-state index in [1.807, 2.05) is 32.4 Å². The first-order valence-corrected chi connectivity index (χ1v) is 7.38. The summed E-state index contributed by atoms with van der Waals surface area (Å²) in [7, 11) is 4.04. The minimum atomic E-state index is -0.454. The highest BCUT2D eigenvalue weighted by atomic mass is 19.1. The zero-order valence-corrected chi connectivity index (χ0v) is 12.9. The summed E-state index contributed by atoms with van der Waals surface area (Å²) < 4.78 is 19.7. The highest BCUT2D eigenvalue weighted by Crippen LogP contribution is 2.24. The first kappa shape index (κ1) is 14.8. The molecule has 5 heteroatoms. The topological polar surface area (TPSA) is 30.3 Å². The molecule has 0 aliphatic carbocycles. The van der Waals surface area contributed by atoms with Gasteiger partial charge in [0.1, 0.15) is 12.5 Å². The van der Waals surface area contributed by atoms with Crippen LogP contribution < -0.4 is 4.90 Å². The van der Waals surface area contributed by atoms with Gasteiger partial charge in [-0.05, 0) is 18.2 Å². The third-order valence-electron chi connectivity index (χ3n) is 3.73. The van der Waals surface area contributed by atoms with Crippen LogP contribution in [0.2, 0.25) is 0 Å². The van der Waals surface area contributed by atoms with E-state index >= 15 is 0 Å². The van der Waals surface area contributed by atoms with E-state index in [1.54, 1.807) is 0 Å². The van der Waals surface area contributed by atoms with Crippen molar-refractivity contribution >= 4 is 11.8 Å². The fourth-order valence-corrected chi connectivity index (χ4v) is 2.53. The molecule has 0 spiro atoms. The van der Waals surface area contributed by atoms with E-state index in [-0.39, 0.29) is 12.7 Å². The second kappa shape index (κ2) is 6.32. The maximum absolute atomic E-state index is 12.2. The number of anilines is 1. The molecule has 0 fully saturated rings. The van der Waals surface area contributed by atoms with Crippen LogP contribution in [0.25, 0.3) is 17.3 Å². The van der Waals surface area contributed by atoms with Crippen LogP contribution in [0.4, 0.5) is 10.1 Å². The summed E-state index contributed by atoms with van der Waals surface area (Å²) in [5, 5.41) is 0. The van der Waals surface area contributed by atoms with E-state index < -0.39 is 6.67 Å². The third-order valence-corrected chi connectivity index (χ3v) is 3.73. The zero-order chi connectivity index (χ0) is 15.5. The Morgan fingerprint density at radius 1 is 1.32 bits per heavy atom. The number of hydrogen-bond acceptors (Lipinski definition) is 3. The zero-order valence-electron chi connectivity index (χ0n) is 12.9. The van der Waals surface area contributed by atoms with E-state index in [0.717, 1.165) is 22.8 Å². The van der Waals surface area contributed by atoms with Crippen molar-refractivity contribution in [3.05, 3.63) is 42.4 Å². The van der Waals surface area contributed by atoms with Gasteiger partial charge in [0, 0.05) is 31.5 Å². The van der Waals surface area contributed by atoms with Gasteiger partial charge in [0.25, 0.3) is 0 Å². The summed E-state index contributed by atoms with van der Waals surface area (Å²) >= 11 is 0. The Hall–Kier alpha value is -2.14. The van der Waals surface area contributed by atoms with Crippen LogP contribution in [0.1, 0.15) is 5.82 Å². The molecule has 1 aliphatic heterocycles. The average molecular weight is 301 g/mol. The monoisotopic (exact) mass is 301 g/mol. The van der Waals surface area contributed by atoms with E-state index in [0.29, 0.717) is 6.54 Å².